The number of ether oxygens (including phenoxy) is 1. The fourth-order valence-electron chi connectivity index (χ4n) is 1.92. The average molecular weight is 356 g/mol. The van der Waals surface area contributed by atoms with E-state index in [2.05, 4.69) is 21.2 Å². The average Bonchev–Trinajstić information content (AvgIpc) is 2.29. The van der Waals surface area contributed by atoms with Gasteiger partial charge in [-0.15, -0.1) is 0 Å². The summed E-state index contributed by atoms with van der Waals surface area (Å²) in [5.74, 6) is -0.545. The zero-order chi connectivity index (χ0) is 16.2. The highest BCUT2D eigenvalue weighted by Crippen LogP contribution is 2.25. The Morgan fingerprint density at radius 1 is 1.14 bits per heavy atom. The standard InChI is InChI=1S/C16H22BrNO3/c1-10-8-12(17)9-11(2)15(10)18-13(19)6-7-14(20)21-16(3,4)5/h8-9H,6-7H2,1-5H3,(H,18,19). The molecule has 1 aromatic carbocycles. The fraction of sp³-hybridized carbons (Fsp3) is 0.500. The van der Waals surface area contributed by atoms with Gasteiger partial charge in [-0.1, -0.05) is 15.9 Å². The number of halogens is 1. The van der Waals surface area contributed by atoms with Gasteiger partial charge in [-0.05, 0) is 57.9 Å². The largest absolute Gasteiger partial charge is 0.460 e. The molecule has 0 aliphatic rings. The number of anilines is 1. The van der Waals surface area contributed by atoms with Crippen LogP contribution in [0.2, 0.25) is 0 Å². The summed E-state index contributed by atoms with van der Waals surface area (Å²) in [5.41, 5.74) is 2.24. The number of rotatable bonds is 4. The Morgan fingerprint density at radius 2 is 1.67 bits per heavy atom. The third kappa shape index (κ3) is 6.29. The maximum Gasteiger partial charge on any atom is 0.306 e. The van der Waals surface area contributed by atoms with Gasteiger partial charge in [-0.2, -0.15) is 0 Å². The molecule has 0 radical (unpaired) electrons. The number of carbonyl (C=O) groups is 2. The molecule has 0 bridgehead atoms. The highest BCUT2D eigenvalue weighted by atomic mass is 79.9. The lowest BCUT2D eigenvalue weighted by Gasteiger charge is -2.19. The second-order valence-corrected chi connectivity index (χ2v) is 6.96. The molecule has 1 rings (SSSR count). The lowest BCUT2D eigenvalue weighted by molar-refractivity contribution is -0.155. The van der Waals surface area contributed by atoms with Crippen LogP contribution in [0.5, 0.6) is 0 Å². The highest BCUT2D eigenvalue weighted by Gasteiger charge is 2.17. The van der Waals surface area contributed by atoms with E-state index in [0.29, 0.717) is 0 Å². The minimum absolute atomic E-state index is 0.0811. The van der Waals surface area contributed by atoms with Crippen LogP contribution in [-0.4, -0.2) is 17.5 Å². The van der Waals surface area contributed by atoms with Crippen LogP contribution >= 0.6 is 15.9 Å². The lowest BCUT2D eigenvalue weighted by Crippen LogP contribution is -2.24. The van der Waals surface area contributed by atoms with Crippen molar-refractivity contribution in [3.63, 3.8) is 0 Å². The van der Waals surface area contributed by atoms with Gasteiger partial charge in [0.1, 0.15) is 5.60 Å². The van der Waals surface area contributed by atoms with Crippen molar-refractivity contribution in [3.8, 4) is 0 Å². The third-order valence-electron chi connectivity index (χ3n) is 2.74. The van der Waals surface area contributed by atoms with E-state index in [0.717, 1.165) is 21.3 Å². The van der Waals surface area contributed by atoms with Gasteiger partial charge in [0.25, 0.3) is 0 Å². The minimum Gasteiger partial charge on any atom is -0.460 e. The van der Waals surface area contributed by atoms with Crippen LogP contribution < -0.4 is 5.32 Å². The quantitative estimate of drug-likeness (QED) is 0.826. The fourth-order valence-corrected chi connectivity index (χ4v) is 2.60. The Labute approximate surface area is 134 Å². The Hall–Kier alpha value is -1.36. The lowest BCUT2D eigenvalue weighted by atomic mass is 10.1. The topological polar surface area (TPSA) is 55.4 Å². The smallest absolute Gasteiger partial charge is 0.306 e. The zero-order valence-electron chi connectivity index (χ0n) is 13.2. The van der Waals surface area contributed by atoms with E-state index in [-0.39, 0.29) is 24.7 Å². The number of aryl methyl sites for hydroxylation is 2. The first kappa shape index (κ1) is 17.7. The molecule has 0 fully saturated rings. The molecule has 116 valence electrons. The first-order valence-corrected chi connectivity index (χ1v) is 7.66. The van der Waals surface area contributed by atoms with Crippen LogP contribution in [0.4, 0.5) is 5.69 Å². The molecule has 0 atom stereocenters. The first-order chi connectivity index (χ1) is 9.58. The van der Waals surface area contributed by atoms with Gasteiger partial charge in [0.05, 0.1) is 6.42 Å². The molecule has 1 amide bonds. The molecule has 21 heavy (non-hydrogen) atoms. The molecule has 0 unspecified atom stereocenters. The van der Waals surface area contributed by atoms with Crippen LogP contribution in [0, 0.1) is 13.8 Å². The summed E-state index contributed by atoms with van der Waals surface area (Å²) in [6, 6.07) is 3.88. The summed E-state index contributed by atoms with van der Waals surface area (Å²) in [7, 11) is 0. The van der Waals surface area contributed by atoms with Crippen LogP contribution in [0.25, 0.3) is 0 Å². The number of nitrogens with one attached hydrogen (secondary N) is 1. The Kier molecular flexibility index (Phi) is 5.96. The molecule has 0 aliphatic carbocycles. The summed E-state index contributed by atoms with van der Waals surface area (Å²) < 4.78 is 6.15. The number of benzene rings is 1. The van der Waals surface area contributed by atoms with E-state index < -0.39 is 5.60 Å². The number of hydrogen-bond acceptors (Lipinski definition) is 3. The molecular formula is C16H22BrNO3. The minimum atomic E-state index is -0.521. The summed E-state index contributed by atoms with van der Waals surface area (Å²) >= 11 is 3.42. The van der Waals surface area contributed by atoms with Crippen molar-refractivity contribution in [2.45, 2.75) is 53.1 Å². The van der Waals surface area contributed by atoms with Crippen molar-refractivity contribution in [1.29, 1.82) is 0 Å². The molecule has 0 aromatic heterocycles. The molecule has 0 aliphatic heterocycles. The molecule has 0 saturated carbocycles. The van der Waals surface area contributed by atoms with Crippen molar-refractivity contribution in [1.82, 2.24) is 0 Å². The monoisotopic (exact) mass is 355 g/mol. The van der Waals surface area contributed by atoms with Gasteiger partial charge in [0.2, 0.25) is 5.91 Å². The van der Waals surface area contributed by atoms with Crippen LogP contribution in [0.1, 0.15) is 44.7 Å². The van der Waals surface area contributed by atoms with E-state index in [1.807, 2.05) is 26.0 Å². The van der Waals surface area contributed by atoms with Crippen molar-refractivity contribution < 1.29 is 14.3 Å². The third-order valence-corrected chi connectivity index (χ3v) is 3.20. The molecule has 5 heteroatoms. The van der Waals surface area contributed by atoms with E-state index in [4.69, 9.17) is 4.74 Å². The van der Waals surface area contributed by atoms with Crippen LogP contribution in [-0.2, 0) is 14.3 Å². The molecule has 4 nitrogen and oxygen atoms in total. The summed E-state index contributed by atoms with van der Waals surface area (Å²) in [5, 5.41) is 2.86. The zero-order valence-corrected chi connectivity index (χ0v) is 14.8. The maximum absolute atomic E-state index is 11.9. The molecular weight excluding hydrogens is 334 g/mol. The second-order valence-electron chi connectivity index (χ2n) is 6.05. The van der Waals surface area contributed by atoms with Crippen molar-refractivity contribution in [3.05, 3.63) is 27.7 Å². The van der Waals surface area contributed by atoms with Crippen LogP contribution in [0.15, 0.2) is 16.6 Å². The van der Waals surface area contributed by atoms with Gasteiger partial charge in [-0.25, -0.2) is 0 Å². The number of hydrogen-bond donors (Lipinski definition) is 1. The first-order valence-electron chi connectivity index (χ1n) is 6.87. The van der Waals surface area contributed by atoms with Gasteiger partial charge >= 0.3 is 5.97 Å². The normalized spacial score (nSPS) is 11.1. The Balaban J connectivity index is 2.57. The van der Waals surface area contributed by atoms with Crippen LogP contribution in [0.3, 0.4) is 0 Å². The Morgan fingerprint density at radius 3 is 2.14 bits per heavy atom. The molecule has 0 heterocycles. The van der Waals surface area contributed by atoms with Gasteiger partial charge in [0, 0.05) is 16.6 Å². The molecule has 0 spiro atoms. The predicted octanol–water partition coefficient (Wildman–Crippen LogP) is 4.13. The van der Waals surface area contributed by atoms with E-state index in [9.17, 15) is 9.59 Å². The van der Waals surface area contributed by atoms with Gasteiger partial charge < -0.3 is 10.1 Å². The Bertz CT molecular complexity index is 524. The predicted molar refractivity (Wildman–Crippen MR) is 87.3 cm³/mol. The summed E-state index contributed by atoms with van der Waals surface area (Å²) in [4.78, 5) is 23.5. The number of amides is 1. The highest BCUT2D eigenvalue weighted by molar-refractivity contribution is 9.10. The SMILES string of the molecule is Cc1cc(Br)cc(C)c1NC(=O)CCC(=O)OC(C)(C)C. The van der Waals surface area contributed by atoms with Crippen molar-refractivity contribution in [2.75, 3.05) is 5.32 Å². The van der Waals surface area contributed by atoms with E-state index in [1.165, 1.54) is 0 Å². The van der Waals surface area contributed by atoms with Crippen molar-refractivity contribution in [2.24, 2.45) is 0 Å². The maximum atomic E-state index is 11.9. The number of carbonyl (C=O) groups excluding carboxylic acids is 2. The molecule has 1 N–H and O–H groups in total. The second kappa shape index (κ2) is 7.07. The molecule has 0 saturated heterocycles. The van der Waals surface area contributed by atoms with Gasteiger partial charge in [0.15, 0.2) is 0 Å². The van der Waals surface area contributed by atoms with E-state index >= 15 is 0 Å². The van der Waals surface area contributed by atoms with Crippen molar-refractivity contribution >= 4 is 33.5 Å². The van der Waals surface area contributed by atoms with Gasteiger partial charge in [-0.3, -0.25) is 9.59 Å². The summed E-state index contributed by atoms with van der Waals surface area (Å²) in [6.45, 7) is 9.28. The molecule has 1 aromatic rings. The summed E-state index contributed by atoms with van der Waals surface area (Å²) in [6.07, 6.45) is 0.196. The number of esters is 1. The van der Waals surface area contributed by atoms with E-state index in [1.54, 1.807) is 20.8 Å².